The Kier molecular flexibility index (Phi) is 5.55. The van der Waals surface area contributed by atoms with Crippen molar-refractivity contribution >= 4 is 23.3 Å². The van der Waals surface area contributed by atoms with Crippen LogP contribution in [0, 0.1) is 5.82 Å². The molecule has 1 aromatic carbocycles. The molecule has 0 aliphatic rings. The lowest BCUT2D eigenvalue weighted by molar-refractivity contribution is -0.294. The Morgan fingerprint density at radius 1 is 0.926 bits per heavy atom. The van der Waals surface area contributed by atoms with Gasteiger partial charge in [0.15, 0.2) is 0 Å². The summed E-state index contributed by atoms with van der Waals surface area (Å²) < 4.78 is 93.7. The molecule has 0 fully saturated rings. The fourth-order valence-electron chi connectivity index (χ4n) is 1.96. The molecule has 0 atom stereocenters. The summed E-state index contributed by atoms with van der Waals surface area (Å²) in [4.78, 5) is 15.3. The quantitative estimate of drug-likeness (QED) is 0.569. The number of aromatic nitrogens is 1. The van der Waals surface area contributed by atoms with E-state index in [0.717, 1.165) is 35.8 Å². The summed E-state index contributed by atoms with van der Waals surface area (Å²) in [6, 6.07) is 4.69. The van der Waals surface area contributed by atoms with E-state index in [1.165, 1.54) is 5.32 Å². The van der Waals surface area contributed by atoms with Crippen molar-refractivity contribution in [3.8, 4) is 0 Å². The van der Waals surface area contributed by atoms with E-state index < -0.39 is 41.1 Å². The number of carbonyl (C=O) groups excluding carboxylic acids is 1. The molecule has 0 unspecified atom stereocenters. The Morgan fingerprint density at radius 3 is 1.93 bits per heavy atom. The fraction of sp³-hybridized carbons (Fsp3) is 0.200. The van der Waals surface area contributed by atoms with Gasteiger partial charge in [0, 0.05) is 11.8 Å². The second kappa shape index (κ2) is 7.22. The molecular weight excluding hydrogens is 407 g/mol. The maximum atomic E-state index is 13.5. The van der Waals surface area contributed by atoms with Gasteiger partial charge in [-0.3, -0.25) is 4.79 Å². The zero-order valence-electron chi connectivity index (χ0n) is 12.9. The van der Waals surface area contributed by atoms with Gasteiger partial charge in [-0.25, -0.2) is 9.37 Å². The number of amides is 1. The number of rotatable bonds is 4. The third kappa shape index (κ3) is 4.41. The molecule has 12 heteroatoms. The number of hydrogen-bond acceptors (Lipinski definition) is 3. The summed E-state index contributed by atoms with van der Waals surface area (Å²) in [5.74, 6) is -3.40. The summed E-state index contributed by atoms with van der Waals surface area (Å²) >= 11 is 5.50. The lowest BCUT2D eigenvalue weighted by Crippen LogP contribution is -2.72. The molecule has 0 aliphatic heterocycles. The van der Waals surface area contributed by atoms with Gasteiger partial charge in [-0.05, 0) is 36.4 Å². The van der Waals surface area contributed by atoms with E-state index in [4.69, 9.17) is 11.6 Å². The Bertz CT molecular complexity index is 790. The Morgan fingerprint density at radius 2 is 1.48 bits per heavy atom. The molecule has 2 rings (SSSR count). The minimum Gasteiger partial charge on any atom is -0.332 e. The molecule has 4 nitrogen and oxygen atoms in total. The van der Waals surface area contributed by atoms with Crippen molar-refractivity contribution in [3.63, 3.8) is 0 Å². The number of nitrogens with one attached hydrogen (secondary N) is 2. The summed E-state index contributed by atoms with van der Waals surface area (Å²) in [5.41, 5.74) is -5.47. The van der Waals surface area contributed by atoms with Crippen LogP contribution in [0.1, 0.15) is 10.4 Å². The van der Waals surface area contributed by atoms with E-state index in [1.807, 2.05) is 0 Å². The maximum absolute atomic E-state index is 13.5. The molecule has 0 saturated carbocycles. The highest BCUT2D eigenvalue weighted by Gasteiger charge is 2.72. The molecule has 1 heterocycles. The second-order valence-electron chi connectivity index (χ2n) is 5.19. The number of benzene rings is 1. The van der Waals surface area contributed by atoms with E-state index >= 15 is 0 Å². The van der Waals surface area contributed by atoms with Gasteiger partial charge < -0.3 is 10.6 Å². The van der Waals surface area contributed by atoms with Crippen molar-refractivity contribution in [2.75, 3.05) is 5.32 Å². The average molecular weight is 416 g/mol. The molecule has 0 aliphatic carbocycles. The van der Waals surface area contributed by atoms with Crippen LogP contribution in [0.5, 0.6) is 0 Å². The number of hydrogen-bond donors (Lipinski definition) is 2. The van der Waals surface area contributed by atoms with Crippen LogP contribution in [-0.2, 0) is 0 Å². The van der Waals surface area contributed by atoms with E-state index in [0.29, 0.717) is 12.1 Å². The van der Waals surface area contributed by atoms with Gasteiger partial charge in [-0.1, -0.05) is 11.6 Å². The third-order valence-corrected chi connectivity index (χ3v) is 3.52. The van der Waals surface area contributed by atoms with Crippen LogP contribution in [0.2, 0.25) is 5.02 Å². The van der Waals surface area contributed by atoms with Crippen LogP contribution in [-0.4, -0.2) is 28.9 Å². The van der Waals surface area contributed by atoms with Gasteiger partial charge in [-0.15, -0.1) is 0 Å². The first kappa shape index (κ1) is 20.7. The SMILES string of the molecule is O=C(NC(Nc1ccc(Cl)cn1)(C(F)(F)F)C(F)(F)F)c1ccc(F)cc1. The van der Waals surface area contributed by atoms with Gasteiger partial charge in [0.2, 0.25) is 0 Å². The highest BCUT2D eigenvalue weighted by Crippen LogP contribution is 2.43. The third-order valence-electron chi connectivity index (χ3n) is 3.30. The monoisotopic (exact) mass is 415 g/mol. The molecular formula is C15H9ClF7N3O. The van der Waals surface area contributed by atoms with Crippen LogP contribution in [0.3, 0.4) is 0 Å². The molecule has 2 aromatic rings. The standard InChI is InChI=1S/C15H9ClF7N3O/c16-9-3-6-11(24-7-9)25-13(14(18,19)20,15(21,22)23)26-12(27)8-1-4-10(17)5-2-8/h1-7H,(H,24,25)(H,26,27). The minimum absolute atomic E-state index is 0.0273. The molecule has 27 heavy (non-hydrogen) atoms. The average Bonchev–Trinajstić information content (AvgIpc) is 2.54. The van der Waals surface area contributed by atoms with Crippen molar-refractivity contribution in [2.45, 2.75) is 18.0 Å². The van der Waals surface area contributed by atoms with Crippen LogP contribution in [0.15, 0.2) is 42.6 Å². The predicted octanol–water partition coefficient (Wildman–Crippen LogP) is 4.54. The smallest absolute Gasteiger partial charge is 0.332 e. The van der Waals surface area contributed by atoms with Crippen molar-refractivity contribution in [3.05, 3.63) is 59.0 Å². The van der Waals surface area contributed by atoms with Gasteiger partial charge in [-0.2, -0.15) is 26.3 Å². The van der Waals surface area contributed by atoms with E-state index in [2.05, 4.69) is 4.98 Å². The first-order chi connectivity index (χ1) is 12.4. The predicted molar refractivity (Wildman–Crippen MR) is 81.6 cm³/mol. The molecule has 146 valence electrons. The molecule has 0 spiro atoms. The largest absolute Gasteiger partial charge is 0.439 e. The number of anilines is 1. The lowest BCUT2D eigenvalue weighted by atomic mass is 10.1. The Balaban J connectivity index is 2.49. The van der Waals surface area contributed by atoms with Crippen LogP contribution in [0.4, 0.5) is 36.6 Å². The van der Waals surface area contributed by atoms with Crippen molar-refractivity contribution < 1.29 is 35.5 Å². The first-order valence-electron chi connectivity index (χ1n) is 6.97. The van der Waals surface area contributed by atoms with E-state index in [9.17, 15) is 35.5 Å². The molecule has 0 bridgehead atoms. The fourth-order valence-corrected chi connectivity index (χ4v) is 2.07. The summed E-state index contributed by atoms with van der Waals surface area (Å²) in [6.45, 7) is 0. The van der Waals surface area contributed by atoms with Gasteiger partial charge in [0.25, 0.3) is 5.91 Å². The first-order valence-corrected chi connectivity index (χ1v) is 7.35. The number of nitrogens with zero attached hydrogens (tertiary/aromatic N) is 1. The lowest BCUT2D eigenvalue weighted by Gasteiger charge is -2.38. The summed E-state index contributed by atoms with van der Waals surface area (Å²) in [6.07, 6.45) is -11.2. The number of pyridine rings is 1. The van der Waals surface area contributed by atoms with Gasteiger partial charge in [0.1, 0.15) is 11.6 Å². The van der Waals surface area contributed by atoms with E-state index in [1.54, 1.807) is 0 Å². The number of carbonyl (C=O) groups is 1. The number of alkyl halides is 6. The zero-order chi connectivity index (χ0) is 20.5. The highest BCUT2D eigenvalue weighted by atomic mass is 35.5. The Hall–Kier alpha value is -2.56. The van der Waals surface area contributed by atoms with Crippen LogP contribution >= 0.6 is 11.6 Å². The Labute approximate surface area is 152 Å². The summed E-state index contributed by atoms with van der Waals surface area (Å²) in [5, 5.41) is 2.07. The van der Waals surface area contributed by atoms with Crippen LogP contribution in [0.25, 0.3) is 0 Å². The number of halogens is 8. The van der Waals surface area contributed by atoms with Gasteiger partial charge >= 0.3 is 18.0 Å². The maximum Gasteiger partial charge on any atom is 0.439 e. The van der Waals surface area contributed by atoms with E-state index in [-0.39, 0.29) is 5.02 Å². The highest BCUT2D eigenvalue weighted by molar-refractivity contribution is 6.30. The topological polar surface area (TPSA) is 54.0 Å². The van der Waals surface area contributed by atoms with Crippen molar-refractivity contribution in [1.82, 2.24) is 10.3 Å². The van der Waals surface area contributed by atoms with Gasteiger partial charge in [0.05, 0.1) is 5.02 Å². The van der Waals surface area contributed by atoms with Crippen LogP contribution < -0.4 is 10.6 Å². The molecule has 1 aromatic heterocycles. The molecule has 0 radical (unpaired) electrons. The second-order valence-corrected chi connectivity index (χ2v) is 5.63. The normalized spacial score (nSPS) is 12.6. The molecule has 0 saturated heterocycles. The van der Waals surface area contributed by atoms with Crippen molar-refractivity contribution in [1.29, 1.82) is 0 Å². The molecule has 2 N–H and O–H groups in total. The van der Waals surface area contributed by atoms with Crippen molar-refractivity contribution in [2.24, 2.45) is 0 Å². The minimum atomic E-state index is -6.01. The molecule has 1 amide bonds. The zero-order valence-corrected chi connectivity index (χ0v) is 13.7. The summed E-state index contributed by atoms with van der Waals surface area (Å²) in [7, 11) is 0.